The van der Waals surface area contributed by atoms with Crippen molar-refractivity contribution < 1.29 is 0 Å². The molecule has 0 atom stereocenters. The molecule has 0 bridgehead atoms. The Kier molecular flexibility index (Phi) is 2.58. The average molecular weight is 181 g/mol. The van der Waals surface area contributed by atoms with Gasteiger partial charge in [0, 0.05) is 0 Å². The normalized spacial score (nSPS) is 10.0. The van der Waals surface area contributed by atoms with Gasteiger partial charge >= 0.3 is 0 Å². The van der Waals surface area contributed by atoms with E-state index in [9.17, 15) is 0 Å². The summed E-state index contributed by atoms with van der Waals surface area (Å²) in [6.45, 7) is 9.93. The van der Waals surface area contributed by atoms with Gasteiger partial charge in [0.05, 0.1) is 5.02 Å². The highest BCUT2D eigenvalue weighted by Crippen LogP contribution is 2.27. The van der Waals surface area contributed by atoms with Crippen LogP contribution in [0.3, 0.4) is 0 Å². The summed E-state index contributed by atoms with van der Waals surface area (Å²) in [5.74, 6) is 0. The minimum absolute atomic E-state index is 0.836. The number of aryl methyl sites for hydroxylation is 1. The van der Waals surface area contributed by atoms with E-state index < -0.39 is 0 Å². The van der Waals surface area contributed by atoms with Crippen molar-refractivity contribution in [3.05, 3.63) is 40.4 Å². The van der Waals surface area contributed by atoms with Crippen LogP contribution in [-0.2, 0) is 0 Å². The summed E-state index contributed by atoms with van der Waals surface area (Å²) >= 11 is 6.13. The van der Waals surface area contributed by atoms with E-state index in [1.807, 2.05) is 19.9 Å². The second kappa shape index (κ2) is 3.32. The highest BCUT2D eigenvalue weighted by atomic mass is 35.5. The standard InChI is InChI=1S/C11H13Cl/c1-7(2)10-6-5-8(3)9(4)11(10)12/h5-6H,1H2,2-4H3. The van der Waals surface area contributed by atoms with Crippen LogP contribution in [0.25, 0.3) is 5.57 Å². The molecule has 1 aromatic carbocycles. The zero-order chi connectivity index (χ0) is 9.30. The monoisotopic (exact) mass is 180 g/mol. The Labute approximate surface area is 78.9 Å². The summed E-state index contributed by atoms with van der Waals surface area (Å²) in [4.78, 5) is 0. The lowest BCUT2D eigenvalue weighted by molar-refractivity contribution is 1.33. The first kappa shape index (κ1) is 9.34. The predicted octanol–water partition coefficient (Wildman–Crippen LogP) is 3.99. The number of hydrogen-bond acceptors (Lipinski definition) is 0. The second-order valence-electron chi connectivity index (χ2n) is 3.15. The zero-order valence-corrected chi connectivity index (χ0v) is 8.50. The fraction of sp³-hybridized carbons (Fsp3) is 0.273. The molecule has 0 aliphatic heterocycles. The van der Waals surface area contributed by atoms with Crippen molar-refractivity contribution in [2.45, 2.75) is 20.8 Å². The molecule has 0 aromatic heterocycles. The Morgan fingerprint density at radius 3 is 2.42 bits per heavy atom. The Hall–Kier alpha value is -0.750. The van der Waals surface area contributed by atoms with Crippen LogP contribution in [0.2, 0.25) is 5.02 Å². The molecule has 0 heterocycles. The molecule has 0 nitrogen and oxygen atoms in total. The summed E-state index contributed by atoms with van der Waals surface area (Å²) in [7, 11) is 0. The molecule has 0 unspecified atom stereocenters. The van der Waals surface area contributed by atoms with Crippen LogP contribution in [0.1, 0.15) is 23.6 Å². The lowest BCUT2D eigenvalue weighted by atomic mass is 10.0. The third kappa shape index (κ3) is 1.54. The number of halogens is 1. The summed E-state index contributed by atoms with van der Waals surface area (Å²) < 4.78 is 0. The van der Waals surface area contributed by atoms with E-state index in [0.717, 1.165) is 21.7 Å². The SMILES string of the molecule is C=C(C)c1ccc(C)c(C)c1Cl. The van der Waals surface area contributed by atoms with Crippen LogP contribution in [0.5, 0.6) is 0 Å². The van der Waals surface area contributed by atoms with Crippen LogP contribution in [-0.4, -0.2) is 0 Å². The Bertz CT molecular complexity index is 324. The van der Waals surface area contributed by atoms with Crippen molar-refractivity contribution in [1.82, 2.24) is 0 Å². The molecular formula is C11H13Cl. The molecule has 0 radical (unpaired) electrons. The number of hydrogen-bond donors (Lipinski definition) is 0. The molecule has 0 saturated carbocycles. The van der Waals surface area contributed by atoms with E-state index in [1.54, 1.807) is 0 Å². The lowest BCUT2D eigenvalue weighted by Crippen LogP contribution is -1.87. The fourth-order valence-electron chi connectivity index (χ4n) is 1.11. The van der Waals surface area contributed by atoms with E-state index in [1.165, 1.54) is 5.56 Å². The van der Waals surface area contributed by atoms with Crippen molar-refractivity contribution in [3.8, 4) is 0 Å². The van der Waals surface area contributed by atoms with Gasteiger partial charge in [-0.05, 0) is 43.0 Å². The molecule has 1 aromatic rings. The third-order valence-electron chi connectivity index (χ3n) is 2.12. The summed E-state index contributed by atoms with van der Waals surface area (Å²) in [5, 5.41) is 0.836. The lowest BCUT2D eigenvalue weighted by Gasteiger charge is -2.08. The van der Waals surface area contributed by atoms with Gasteiger partial charge in [0.25, 0.3) is 0 Å². The van der Waals surface area contributed by atoms with Crippen LogP contribution < -0.4 is 0 Å². The highest BCUT2D eigenvalue weighted by Gasteiger charge is 2.04. The first-order valence-electron chi connectivity index (χ1n) is 3.95. The third-order valence-corrected chi connectivity index (χ3v) is 2.60. The smallest absolute Gasteiger partial charge is 0.0512 e. The predicted molar refractivity (Wildman–Crippen MR) is 55.6 cm³/mol. The van der Waals surface area contributed by atoms with Gasteiger partial charge in [-0.1, -0.05) is 30.3 Å². The number of rotatable bonds is 1. The first-order chi connectivity index (χ1) is 5.54. The molecular weight excluding hydrogens is 168 g/mol. The van der Waals surface area contributed by atoms with E-state index in [0.29, 0.717) is 0 Å². The van der Waals surface area contributed by atoms with E-state index >= 15 is 0 Å². The quantitative estimate of drug-likeness (QED) is 0.613. The summed E-state index contributed by atoms with van der Waals surface area (Å²) in [6.07, 6.45) is 0. The van der Waals surface area contributed by atoms with Gasteiger partial charge in [-0.2, -0.15) is 0 Å². The number of allylic oxidation sites excluding steroid dienone is 1. The van der Waals surface area contributed by atoms with E-state index in [4.69, 9.17) is 11.6 Å². The Morgan fingerprint density at radius 1 is 1.33 bits per heavy atom. The van der Waals surface area contributed by atoms with Crippen LogP contribution in [0.4, 0.5) is 0 Å². The van der Waals surface area contributed by atoms with Crippen LogP contribution in [0.15, 0.2) is 18.7 Å². The highest BCUT2D eigenvalue weighted by molar-refractivity contribution is 6.33. The minimum atomic E-state index is 0.836. The molecule has 1 rings (SSSR count). The second-order valence-corrected chi connectivity index (χ2v) is 3.53. The fourth-order valence-corrected chi connectivity index (χ4v) is 1.48. The van der Waals surface area contributed by atoms with Crippen molar-refractivity contribution in [3.63, 3.8) is 0 Å². The van der Waals surface area contributed by atoms with Crippen LogP contribution >= 0.6 is 11.6 Å². The maximum absolute atomic E-state index is 6.13. The molecule has 0 aliphatic carbocycles. The van der Waals surface area contributed by atoms with Gasteiger partial charge in [0.1, 0.15) is 0 Å². The molecule has 1 heteroatoms. The molecule has 12 heavy (non-hydrogen) atoms. The molecule has 0 amide bonds. The summed E-state index contributed by atoms with van der Waals surface area (Å²) in [6, 6.07) is 4.10. The topological polar surface area (TPSA) is 0 Å². The van der Waals surface area contributed by atoms with E-state index in [-0.39, 0.29) is 0 Å². The largest absolute Gasteiger partial charge is 0.0955 e. The molecule has 0 N–H and O–H groups in total. The maximum atomic E-state index is 6.13. The van der Waals surface area contributed by atoms with Crippen molar-refractivity contribution in [1.29, 1.82) is 0 Å². The van der Waals surface area contributed by atoms with Crippen molar-refractivity contribution >= 4 is 17.2 Å². The first-order valence-corrected chi connectivity index (χ1v) is 4.33. The van der Waals surface area contributed by atoms with Gasteiger partial charge in [-0.3, -0.25) is 0 Å². The van der Waals surface area contributed by atoms with Gasteiger partial charge in [-0.25, -0.2) is 0 Å². The van der Waals surface area contributed by atoms with Gasteiger partial charge in [0.15, 0.2) is 0 Å². The molecule has 0 fully saturated rings. The zero-order valence-electron chi connectivity index (χ0n) is 7.74. The molecule has 0 spiro atoms. The summed E-state index contributed by atoms with van der Waals surface area (Å²) in [5.41, 5.74) is 4.45. The Morgan fingerprint density at radius 2 is 1.92 bits per heavy atom. The van der Waals surface area contributed by atoms with Gasteiger partial charge < -0.3 is 0 Å². The minimum Gasteiger partial charge on any atom is -0.0955 e. The van der Waals surface area contributed by atoms with Crippen molar-refractivity contribution in [2.24, 2.45) is 0 Å². The van der Waals surface area contributed by atoms with Gasteiger partial charge in [-0.15, -0.1) is 0 Å². The average Bonchev–Trinajstić information content (AvgIpc) is 2.00. The van der Waals surface area contributed by atoms with Crippen molar-refractivity contribution in [2.75, 3.05) is 0 Å². The van der Waals surface area contributed by atoms with E-state index in [2.05, 4.69) is 19.6 Å². The maximum Gasteiger partial charge on any atom is 0.0512 e. The van der Waals surface area contributed by atoms with Crippen LogP contribution in [0, 0.1) is 13.8 Å². The molecule has 0 saturated heterocycles. The molecule has 64 valence electrons. The molecule has 0 aliphatic rings. The Balaban J connectivity index is 3.36. The number of benzene rings is 1. The van der Waals surface area contributed by atoms with Gasteiger partial charge in [0.2, 0.25) is 0 Å².